The number of aromatic nitrogens is 3. The molecule has 1 amide bonds. The van der Waals surface area contributed by atoms with Crippen LogP contribution in [0.15, 0.2) is 53.7 Å². The summed E-state index contributed by atoms with van der Waals surface area (Å²) in [7, 11) is 1.62. The monoisotopic (exact) mass is 496 g/mol. The lowest BCUT2D eigenvalue weighted by molar-refractivity contribution is -0.115. The minimum atomic E-state index is -3.00. The van der Waals surface area contributed by atoms with Gasteiger partial charge in [0, 0.05) is 25.8 Å². The van der Waals surface area contributed by atoms with Gasteiger partial charge in [-0.3, -0.25) is 4.79 Å². The van der Waals surface area contributed by atoms with Crippen LogP contribution in [0.5, 0.6) is 5.75 Å². The third-order valence-corrected chi connectivity index (χ3v) is 5.98. The highest BCUT2D eigenvalue weighted by molar-refractivity contribution is 8.00. The molecule has 0 aliphatic carbocycles. The highest BCUT2D eigenvalue weighted by Gasteiger charge is 2.23. The summed E-state index contributed by atoms with van der Waals surface area (Å²) in [5.74, 6) is 0.0836. The summed E-state index contributed by atoms with van der Waals surface area (Å²) < 4.78 is 36.8. The van der Waals surface area contributed by atoms with Crippen molar-refractivity contribution in [2.75, 3.05) is 19.0 Å². The average Bonchev–Trinajstić information content (AvgIpc) is 3.17. The third kappa shape index (κ3) is 6.66. The molecule has 0 saturated heterocycles. The SMILES string of the molecule is COCCCn1c(S[C@H](C)C(=O)Nc2ccccc2OC(F)F)nnc1-c1ccccc1Cl. The maximum absolute atomic E-state index is 12.8. The van der Waals surface area contributed by atoms with Crippen molar-refractivity contribution < 1.29 is 23.0 Å². The number of halogens is 3. The van der Waals surface area contributed by atoms with Crippen LogP contribution >= 0.6 is 23.4 Å². The highest BCUT2D eigenvalue weighted by atomic mass is 35.5. The van der Waals surface area contributed by atoms with E-state index in [9.17, 15) is 13.6 Å². The summed E-state index contributed by atoms with van der Waals surface area (Å²) in [5, 5.41) is 11.7. The molecule has 176 valence electrons. The maximum Gasteiger partial charge on any atom is 0.387 e. The smallest absolute Gasteiger partial charge is 0.387 e. The lowest BCUT2D eigenvalue weighted by Gasteiger charge is -2.16. The molecule has 1 atom stereocenters. The molecule has 1 heterocycles. The highest BCUT2D eigenvalue weighted by Crippen LogP contribution is 2.32. The molecule has 0 aliphatic heterocycles. The van der Waals surface area contributed by atoms with Gasteiger partial charge in [0.1, 0.15) is 5.75 Å². The number of thioether (sulfide) groups is 1. The van der Waals surface area contributed by atoms with E-state index in [0.717, 1.165) is 5.56 Å². The van der Waals surface area contributed by atoms with Gasteiger partial charge in [0.05, 0.1) is 16.0 Å². The van der Waals surface area contributed by atoms with Crippen LogP contribution in [-0.4, -0.2) is 46.2 Å². The second-order valence-corrected chi connectivity index (χ2v) is 8.62. The molecule has 3 rings (SSSR count). The van der Waals surface area contributed by atoms with Gasteiger partial charge >= 0.3 is 6.61 Å². The fourth-order valence-electron chi connectivity index (χ4n) is 3.00. The van der Waals surface area contributed by atoms with E-state index in [2.05, 4.69) is 20.3 Å². The van der Waals surface area contributed by atoms with Crippen LogP contribution in [0, 0.1) is 0 Å². The van der Waals surface area contributed by atoms with E-state index in [4.69, 9.17) is 16.3 Å². The number of nitrogens with zero attached hydrogens (tertiary/aromatic N) is 3. The van der Waals surface area contributed by atoms with Gasteiger partial charge in [0.2, 0.25) is 5.91 Å². The van der Waals surface area contributed by atoms with Crippen LogP contribution in [0.1, 0.15) is 13.3 Å². The molecule has 0 spiro atoms. The standard InChI is InChI=1S/C22H23ClF2N4O3S/c1-14(20(30)26-17-10-5-6-11-18(17)32-21(24)25)33-22-28-27-19(29(22)12-7-13-31-2)15-8-3-4-9-16(15)23/h3-6,8-11,14,21H,7,12-13H2,1-2H3,(H,26,30)/t14-/m1/s1. The van der Waals surface area contributed by atoms with Gasteiger partial charge in [-0.15, -0.1) is 10.2 Å². The number of carbonyl (C=O) groups is 1. The van der Waals surface area contributed by atoms with Crippen LogP contribution in [0.4, 0.5) is 14.5 Å². The minimum Gasteiger partial charge on any atom is -0.433 e. The summed E-state index contributed by atoms with van der Waals surface area (Å²) in [4.78, 5) is 12.8. The van der Waals surface area contributed by atoms with Crippen LogP contribution in [0.3, 0.4) is 0 Å². The van der Waals surface area contributed by atoms with Gasteiger partial charge in [0.15, 0.2) is 11.0 Å². The molecule has 11 heteroatoms. The Morgan fingerprint density at radius 3 is 2.64 bits per heavy atom. The van der Waals surface area contributed by atoms with Crippen molar-refractivity contribution in [1.29, 1.82) is 0 Å². The fourth-order valence-corrected chi connectivity index (χ4v) is 4.10. The molecule has 1 N–H and O–H groups in total. The topological polar surface area (TPSA) is 78.3 Å². The molecule has 0 bridgehead atoms. The van der Waals surface area contributed by atoms with E-state index in [1.165, 1.54) is 23.9 Å². The number of amides is 1. The van der Waals surface area contributed by atoms with E-state index >= 15 is 0 Å². The number of nitrogens with one attached hydrogen (secondary N) is 1. The normalized spacial score (nSPS) is 12.1. The Bertz CT molecular complexity index is 1080. The molecule has 2 aromatic carbocycles. The number of ether oxygens (including phenoxy) is 2. The number of benzene rings is 2. The zero-order valence-electron chi connectivity index (χ0n) is 18.0. The van der Waals surface area contributed by atoms with Crippen molar-refractivity contribution in [3.63, 3.8) is 0 Å². The van der Waals surface area contributed by atoms with Gasteiger partial charge in [0.25, 0.3) is 0 Å². The zero-order valence-corrected chi connectivity index (χ0v) is 19.6. The van der Waals surface area contributed by atoms with Crippen LogP contribution in [0.25, 0.3) is 11.4 Å². The molecule has 0 fully saturated rings. The number of methoxy groups -OCH3 is 1. The Balaban J connectivity index is 1.79. The van der Waals surface area contributed by atoms with Crippen molar-refractivity contribution in [1.82, 2.24) is 14.8 Å². The Morgan fingerprint density at radius 2 is 1.91 bits per heavy atom. The van der Waals surface area contributed by atoms with E-state index in [0.29, 0.717) is 35.6 Å². The molecular weight excluding hydrogens is 474 g/mol. The Labute approximate surface area is 199 Å². The average molecular weight is 497 g/mol. The van der Waals surface area contributed by atoms with E-state index in [1.54, 1.807) is 32.2 Å². The Hall–Kier alpha value is -2.69. The molecule has 1 aromatic heterocycles. The molecule has 0 radical (unpaired) electrons. The largest absolute Gasteiger partial charge is 0.433 e. The van der Waals surface area contributed by atoms with Crippen LogP contribution in [0.2, 0.25) is 5.02 Å². The number of rotatable bonds is 11. The van der Waals surface area contributed by atoms with Gasteiger partial charge in [-0.2, -0.15) is 8.78 Å². The van der Waals surface area contributed by atoms with Gasteiger partial charge in [-0.25, -0.2) is 0 Å². The summed E-state index contributed by atoms with van der Waals surface area (Å²) >= 11 is 7.56. The molecule has 0 unspecified atom stereocenters. The molecule has 0 aliphatic rings. The van der Waals surface area contributed by atoms with Crippen molar-refractivity contribution in [2.45, 2.75) is 36.9 Å². The van der Waals surface area contributed by atoms with Crippen LogP contribution in [-0.2, 0) is 16.1 Å². The van der Waals surface area contributed by atoms with Gasteiger partial charge in [-0.1, -0.05) is 47.6 Å². The van der Waals surface area contributed by atoms with Crippen molar-refractivity contribution in [3.05, 3.63) is 53.6 Å². The molecule has 0 saturated carbocycles. The first-order valence-electron chi connectivity index (χ1n) is 10.1. The number of hydrogen-bond acceptors (Lipinski definition) is 6. The summed E-state index contributed by atoms with van der Waals surface area (Å²) in [6.07, 6.45) is 0.707. The van der Waals surface area contributed by atoms with Gasteiger partial charge in [-0.05, 0) is 37.6 Å². The lowest BCUT2D eigenvalue weighted by atomic mass is 10.2. The van der Waals surface area contributed by atoms with E-state index < -0.39 is 17.8 Å². The molecular formula is C22H23ClF2N4O3S. The summed E-state index contributed by atoms with van der Waals surface area (Å²) in [6.45, 7) is -0.201. The minimum absolute atomic E-state index is 0.109. The quantitative estimate of drug-likeness (QED) is 0.284. The molecule has 33 heavy (non-hydrogen) atoms. The molecule has 3 aromatic rings. The van der Waals surface area contributed by atoms with Crippen molar-refractivity contribution in [2.24, 2.45) is 0 Å². The second kappa shape index (κ2) is 12.0. The molecule has 7 nitrogen and oxygen atoms in total. The second-order valence-electron chi connectivity index (χ2n) is 6.91. The number of alkyl halides is 2. The number of carbonyl (C=O) groups excluding carboxylic acids is 1. The Kier molecular flexibility index (Phi) is 9.04. The maximum atomic E-state index is 12.8. The zero-order chi connectivity index (χ0) is 23.8. The Morgan fingerprint density at radius 1 is 1.18 bits per heavy atom. The lowest BCUT2D eigenvalue weighted by Crippen LogP contribution is -2.23. The number of anilines is 1. The summed E-state index contributed by atoms with van der Waals surface area (Å²) in [6, 6.07) is 13.3. The predicted molar refractivity (Wildman–Crippen MR) is 124 cm³/mol. The third-order valence-electron chi connectivity index (χ3n) is 4.57. The van der Waals surface area contributed by atoms with Gasteiger partial charge < -0.3 is 19.4 Å². The van der Waals surface area contributed by atoms with E-state index in [-0.39, 0.29) is 11.4 Å². The van der Waals surface area contributed by atoms with Crippen LogP contribution < -0.4 is 10.1 Å². The fraction of sp³-hybridized carbons (Fsp3) is 0.318. The van der Waals surface area contributed by atoms with Crippen molar-refractivity contribution in [3.8, 4) is 17.1 Å². The van der Waals surface area contributed by atoms with E-state index in [1.807, 2.05) is 22.8 Å². The first-order valence-corrected chi connectivity index (χ1v) is 11.3. The summed E-state index contributed by atoms with van der Waals surface area (Å²) in [5.41, 5.74) is 0.889. The number of hydrogen-bond donors (Lipinski definition) is 1. The van der Waals surface area contributed by atoms with Crippen molar-refractivity contribution >= 4 is 35.0 Å². The predicted octanol–water partition coefficient (Wildman–Crippen LogP) is 5.36. The number of para-hydroxylation sites is 2. The first-order chi connectivity index (χ1) is 15.9. The first kappa shape index (κ1) is 24.9.